The third kappa shape index (κ3) is 4.59. The zero-order valence-electron chi connectivity index (χ0n) is 17.0. The van der Waals surface area contributed by atoms with Gasteiger partial charge in [0.15, 0.2) is 0 Å². The standard InChI is InChI=1S/C21H26FN5O3S/c22-15-7-12-27(13-8-15)21(28)18(9-14-26-11-2-5-20(26)23)25-31(29,30)19-4-1-3-17-16(19)6-10-24-17/h1-6,10-11,15,18,24-25H,7-9,12-14,23H2. The van der Waals surface area contributed by atoms with Crippen LogP contribution in [0.15, 0.2) is 53.7 Å². The number of nitrogens with two attached hydrogens (primary N) is 1. The number of benzene rings is 1. The van der Waals surface area contributed by atoms with Crippen LogP contribution in [0.3, 0.4) is 0 Å². The van der Waals surface area contributed by atoms with E-state index in [1.54, 1.807) is 52.2 Å². The first-order chi connectivity index (χ1) is 14.8. The molecule has 2 aromatic heterocycles. The highest BCUT2D eigenvalue weighted by Gasteiger charge is 2.32. The van der Waals surface area contributed by atoms with Crippen LogP contribution in [0.25, 0.3) is 10.9 Å². The average Bonchev–Trinajstić information content (AvgIpc) is 3.39. The SMILES string of the molecule is Nc1cccn1CCC(NS(=O)(=O)c1cccc2[nH]ccc12)C(=O)N1CCC(F)CC1. The fraction of sp³-hybridized carbons (Fsp3) is 0.381. The Bertz CT molecular complexity index is 1160. The molecule has 1 aliphatic rings. The first-order valence-corrected chi connectivity index (χ1v) is 11.8. The van der Waals surface area contributed by atoms with Crippen molar-refractivity contribution in [3.63, 3.8) is 0 Å². The number of H-pyrrole nitrogens is 1. The van der Waals surface area contributed by atoms with Gasteiger partial charge in [-0.3, -0.25) is 4.79 Å². The third-order valence-electron chi connectivity index (χ3n) is 5.70. The molecule has 0 radical (unpaired) electrons. The van der Waals surface area contributed by atoms with Gasteiger partial charge in [-0.2, -0.15) is 4.72 Å². The molecule has 10 heteroatoms. The number of likely N-dealkylation sites (tertiary alicyclic amines) is 1. The predicted octanol–water partition coefficient (Wildman–Crippen LogP) is 2.25. The van der Waals surface area contributed by atoms with Gasteiger partial charge < -0.3 is 20.2 Å². The van der Waals surface area contributed by atoms with Gasteiger partial charge in [0, 0.05) is 42.9 Å². The zero-order chi connectivity index (χ0) is 22.0. The van der Waals surface area contributed by atoms with Crippen LogP contribution >= 0.6 is 0 Å². The largest absolute Gasteiger partial charge is 0.385 e. The summed E-state index contributed by atoms with van der Waals surface area (Å²) in [5.41, 5.74) is 6.60. The summed E-state index contributed by atoms with van der Waals surface area (Å²) in [6.45, 7) is 0.917. The molecule has 1 aliphatic heterocycles. The van der Waals surface area contributed by atoms with E-state index in [0.29, 0.717) is 23.3 Å². The lowest BCUT2D eigenvalue weighted by Gasteiger charge is -2.32. The number of halogens is 1. The molecule has 1 aromatic carbocycles. The summed E-state index contributed by atoms with van der Waals surface area (Å²) in [6.07, 6.45) is 3.26. The molecule has 0 bridgehead atoms. The van der Waals surface area contributed by atoms with Gasteiger partial charge in [0.25, 0.3) is 0 Å². The molecule has 1 saturated heterocycles. The van der Waals surface area contributed by atoms with Gasteiger partial charge in [-0.25, -0.2) is 12.8 Å². The van der Waals surface area contributed by atoms with Crippen LogP contribution < -0.4 is 10.5 Å². The normalized spacial score (nSPS) is 16.6. The maximum atomic E-state index is 13.5. The van der Waals surface area contributed by atoms with E-state index >= 15 is 0 Å². The Hall–Kier alpha value is -2.85. The number of nitrogen functional groups attached to an aromatic ring is 1. The molecule has 1 amide bonds. The highest BCUT2D eigenvalue weighted by molar-refractivity contribution is 7.89. The van der Waals surface area contributed by atoms with Crippen LogP contribution in [-0.4, -0.2) is 54.1 Å². The minimum Gasteiger partial charge on any atom is -0.385 e. The number of piperidine rings is 1. The van der Waals surface area contributed by atoms with Crippen molar-refractivity contribution in [2.24, 2.45) is 0 Å². The number of aryl methyl sites for hydroxylation is 1. The number of rotatable bonds is 7. The summed E-state index contributed by atoms with van der Waals surface area (Å²) in [6, 6.07) is 9.17. The monoisotopic (exact) mass is 447 g/mol. The quantitative estimate of drug-likeness (QED) is 0.515. The number of carbonyl (C=O) groups is 1. The van der Waals surface area contributed by atoms with Gasteiger partial charge in [-0.05, 0) is 49.6 Å². The molecular weight excluding hydrogens is 421 g/mol. The van der Waals surface area contributed by atoms with Crippen molar-refractivity contribution in [3.8, 4) is 0 Å². The molecule has 0 spiro atoms. The predicted molar refractivity (Wildman–Crippen MR) is 117 cm³/mol. The maximum absolute atomic E-state index is 13.5. The molecule has 0 aliphatic carbocycles. The van der Waals surface area contributed by atoms with Gasteiger partial charge in [-0.15, -0.1) is 0 Å². The Balaban J connectivity index is 1.59. The van der Waals surface area contributed by atoms with Gasteiger partial charge >= 0.3 is 0 Å². The first kappa shape index (κ1) is 21.4. The van der Waals surface area contributed by atoms with Gasteiger partial charge in [-0.1, -0.05) is 6.07 Å². The Morgan fingerprint density at radius 3 is 2.71 bits per heavy atom. The van der Waals surface area contributed by atoms with E-state index in [0.717, 1.165) is 0 Å². The maximum Gasteiger partial charge on any atom is 0.241 e. The number of aromatic nitrogens is 2. The van der Waals surface area contributed by atoms with Gasteiger partial charge in [0.2, 0.25) is 15.9 Å². The van der Waals surface area contributed by atoms with Crippen molar-refractivity contribution in [2.75, 3.05) is 18.8 Å². The Morgan fingerprint density at radius 1 is 1.23 bits per heavy atom. The van der Waals surface area contributed by atoms with Crippen LogP contribution in [0.2, 0.25) is 0 Å². The summed E-state index contributed by atoms with van der Waals surface area (Å²) in [5.74, 6) is 0.187. The molecule has 31 heavy (non-hydrogen) atoms. The number of amides is 1. The van der Waals surface area contributed by atoms with E-state index in [1.807, 2.05) is 0 Å². The number of hydrogen-bond donors (Lipinski definition) is 3. The fourth-order valence-corrected chi connectivity index (χ4v) is 5.41. The number of hydrogen-bond acceptors (Lipinski definition) is 4. The lowest BCUT2D eigenvalue weighted by molar-refractivity contribution is -0.134. The smallest absolute Gasteiger partial charge is 0.241 e. The number of anilines is 1. The number of alkyl halides is 1. The molecule has 1 atom stereocenters. The fourth-order valence-electron chi connectivity index (χ4n) is 3.96. The van der Waals surface area contributed by atoms with Crippen LogP contribution in [0, 0.1) is 0 Å². The Morgan fingerprint density at radius 2 is 2.00 bits per heavy atom. The Kier molecular flexibility index (Phi) is 6.01. The summed E-state index contributed by atoms with van der Waals surface area (Å²) in [7, 11) is -3.98. The van der Waals surface area contributed by atoms with E-state index in [4.69, 9.17) is 5.73 Å². The second-order valence-electron chi connectivity index (χ2n) is 7.78. The minimum absolute atomic E-state index is 0.104. The summed E-state index contributed by atoms with van der Waals surface area (Å²) in [5, 5.41) is 0.550. The lowest BCUT2D eigenvalue weighted by Crippen LogP contribution is -2.51. The molecule has 1 fully saturated rings. The van der Waals surface area contributed by atoms with Gasteiger partial charge in [0.05, 0.1) is 4.90 Å². The van der Waals surface area contributed by atoms with Crippen LogP contribution in [-0.2, 0) is 21.4 Å². The van der Waals surface area contributed by atoms with Crippen molar-refractivity contribution in [1.82, 2.24) is 19.2 Å². The average molecular weight is 448 g/mol. The zero-order valence-corrected chi connectivity index (χ0v) is 17.8. The molecule has 4 N–H and O–H groups in total. The van der Waals surface area contributed by atoms with Crippen molar-refractivity contribution in [3.05, 3.63) is 48.8 Å². The number of aromatic amines is 1. The Labute approximate surface area is 180 Å². The topological polar surface area (TPSA) is 113 Å². The second-order valence-corrected chi connectivity index (χ2v) is 9.47. The molecule has 8 nitrogen and oxygen atoms in total. The van der Waals surface area contributed by atoms with Crippen molar-refractivity contribution in [1.29, 1.82) is 0 Å². The first-order valence-electron chi connectivity index (χ1n) is 10.3. The highest BCUT2D eigenvalue weighted by atomic mass is 32.2. The van der Waals surface area contributed by atoms with E-state index in [9.17, 15) is 17.6 Å². The second kappa shape index (κ2) is 8.72. The molecule has 4 rings (SSSR count). The van der Waals surface area contributed by atoms with E-state index in [-0.39, 0.29) is 43.2 Å². The van der Waals surface area contributed by atoms with Crippen LogP contribution in [0.5, 0.6) is 0 Å². The third-order valence-corrected chi connectivity index (χ3v) is 7.23. The molecule has 3 heterocycles. The minimum atomic E-state index is -3.98. The van der Waals surface area contributed by atoms with Crippen molar-refractivity contribution in [2.45, 2.75) is 42.9 Å². The summed E-state index contributed by atoms with van der Waals surface area (Å²) < 4.78 is 44.4. The van der Waals surface area contributed by atoms with Crippen molar-refractivity contribution < 1.29 is 17.6 Å². The van der Waals surface area contributed by atoms with Crippen LogP contribution in [0.4, 0.5) is 10.2 Å². The van der Waals surface area contributed by atoms with E-state index in [2.05, 4.69) is 9.71 Å². The molecular formula is C21H26FN5O3S. The summed E-state index contributed by atoms with van der Waals surface area (Å²) >= 11 is 0. The number of fused-ring (bicyclic) bond motifs is 1. The molecule has 166 valence electrons. The number of nitrogens with zero attached hydrogens (tertiary/aromatic N) is 2. The summed E-state index contributed by atoms with van der Waals surface area (Å²) in [4.78, 5) is 17.8. The number of carbonyl (C=O) groups excluding carboxylic acids is 1. The highest BCUT2D eigenvalue weighted by Crippen LogP contribution is 2.23. The van der Waals surface area contributed by atoms with Gasteiger partial charge in [0.1, 0.15) is 18.0 Å². The molecule has 0 saturated carbocycles. The van der Waals surface area contributed by atoms with Crippen molar-refractivity contribution >= 4 is 32.7 Å². The molecule has 1 unspecified atom stereocenters. The molecule has 3 aromatic rings. The van der Waals surface area contributed by atoms with Crippen LogP contribution in [0.1, 0.15) is 19.3 Å². The lowest BCUT2D eigenvalue weighted by atomic mass is 10.1. The number of nitrogens with one attached hydrogen (secondary N) is 2. The van der Waals surface area contributed by atoms with E-state index in [1.165, 1.54) is 6.07 Å². The number of sulfonamides is 1. The van der Waals surface area contributed by atoms with E-state index < -0.39 is 22.2 Å².